The molecule has 0 N–H and O–H groups in total. The second-order valence-electron chi connectivity index (χ2n) is 2.88. The number of nitrogens with zero attached hydrogens (tertiary/aromatic N) is 2. The molecule has 0 fully saturated rings. The molecule has 0 spiro atoms. The summed E-state index contributed by atoms with van der Waals surface area (Å²) in [6.07, 6.45) is 0. The summed E-state index contributed by atoms with van der Waals surface area (Å²) in [5.41, 5.74) is 3.19. The van der Waals surface area contributed by atoms with Crippen LogP contribution < -0.4 is 4.74 Å². The minimum Gasteiger partial charge on any atom is -0.486 e. The normalized spacial score (nSPS) is 9.53. The van der Waals surface area contributed by atoms with Gasteiger partial charge in [-0.05, 0) is 12.1 Å². The predicted molar refractivity (Wildman–Crippen MR) is 57.6 cm³/mol. The number of ether oxygens (including phenoxy) is 1. The summed E-state index contributed by atoms with van der Waals surface area (Å²) < 4.78 is 5.49. The minimum atomic E-state index is 0.405. The van der Waals surface area contributed by atoms with E-state index in [-0.39, 0.29) is 0 Å². The lowest BCUT2D eigenvalue weighted by Gasteiger charge is -2.05. The number of hydrogen-bond donors (Lipinski definition) is 0. The Labute approximate surface area is 91.6 Å². The molecule has 0 bridgehead atoms. The van der Waals surface area contributed by atoms with E-state index in [2.05, 4.69) is 11.1 Å². The Hall–Kier alpha value is -1.86. The third kappa shape index (κ3) is 2.33. The summed E-state index contributed by atoms with van der Waals surface area (Å²) in [7, 11) is 0. The van der Waals surface area contributed by atoms with Crippen molar-refractivity contribution in [2.24, 2.45) is 0 Å². The maximum absolute atomic E-state index is 8.83. The standard InChI is InChI=1S/C11H8N2OS/c12-5-9-3-1-2-4-11(9)14-6-10-7-15-8-13-10/h1-4,7-8H,6H2. The van der Waals surface area contributed by atoms with Crippen LogP contribution in [0.3, 0.4) is 0 Å². The summed E-state index contributed by atoms with van der Waals surface area (Å²) in [5.74, 6) is 0.605. The Morgan fingerprint density at radius 1 is 1.40 bits per heavy atom. The minimum absolute atomic E-state index is 0.405. The van der Waals surface area contributed by atoms with Gasteiger partial charge in [0.1, 0.15) is 18.4 Å². The van der Waals surface area contributed by atoms with Crippen molar-refractivity contribution in [2.75, 3.05) is 0 Å². The summed E-state index contributed by atoms with van der Waals surface area (Å²) in [4.78, 5) is 4.10. The monoisotopic (exact) mass is 216 g/mol. The Bertz CT molecular complexity index is 474. The first-order valence-corrected chi connectivity index (χ1v) is 5.33. The van der Waals surface area contributed by atoms with Crippen molar-refractivity contribution in [3.05, 3.63) is 46.4 Å². The molecule has 2 rings (SSSR count). The molecule has 0 atom stereocenters. The molecular formula is C11H8N2OS. The Morgan fingerprint density at radius 2 is 2.27 bits per heavy atom. The molecule has 1 aromatic heterocycles. The second-order valence-corrected chi connectivity index (χ2v) is 3.60. The molecule has 2 aromatic rings. The average molecular weight is 216 g/mol. The van der Waals surface area contributed by atoms with Crippen LogP contribution in [0.1, 0.15) is 11.3 Å². The predicted octanol–water partition coefficient (Wildman–Crippen LogP) is 2.59. The van der Waals surface area contributed by atoms with Crippen molar-refractivity contribution in [1.29, 1.82) is 5.26 Å². The van der Waals surface area contributed by atoms with Gasteiger partial charge < -0.3 is 4.74 Å². The zero-order valence-corrected chi connectivity index (χ0v) is 8.70. The first kappa shape index (κ1) is 9.69. The van der Waals surface area contributed by atoms with Gasteiger partial charge in [-0.2, -0.15) is 5.26 Å². The fourth-order valence-corrected chi connectivity index (χ4v) is 1.69. The number of benzene rings is 1. The van der Waals surface area contributed by atoms with Crippen molar-refractivity contribution in [3.8, 4) is 11.8 Å². The largest absolute Gasteiger partial charge is 0.486 e. The van der Waals surface area contributed by atoms with Crippen molar-refractivity contribution in [1.82, 2.24) is 4.98 Å². The van der Waals surface area contributed by atoms with E-state index in [1.165, 1.54) is 11.3 Å². The SMILES string of the molecule is N#Cc1ccccc1OCc1cscn1. The maximum atomic E-state index is 8.83. The molecular weight excluding hydrogens is 208 g/mol. The Morgan fingerprint density at radius 3 is 3.00 bits per heavy atom. The topological polar surface area (TPSA) is 45.9 Å². The molecule has 0 aliphatic carbocycles. The van der Waals surface area contributed by atoms with Crippen LogP contribution in [-0.2, 0) is 6.61 Å². The molecule has 0 aliphatic rings. The maximum Gasteiger partial charge on any atom is 0.137 e. The molecule has 0 aliphatic heterocycles. The summed E-state index contributed by atoms with van der Waals surface area (Å²) in [6, 6.07) is 9.26. The molecule has 74 valence electrons. The number of rotatable bonds is 3. The number of aromatic nitrogens is 1. The van der Waals surface area contributed by atoms with Crippen LogP contribution in [0.4, 0.5) is 0 Å². The van der Waals surface area contributed by atoms with Crippen LogP contribution in [-0.4, -0.2) is 4.98 Å². The zero-order valence-electron chi connectivity index (χ0n) is 7.88. The van der Waals surface area contributed by atoms with Crippen LogP contribution in [0.2, 0.25) is 0 Å². The van der Waals surface area contributed by atoms with Crippen LogP contribution in [0.25, 0.3) is 0 Å². The van der Waals surface area contributed by atoms with E-state index >= 15 is 0 Å². The zero-order chi connectivity index (χ0) is 10.5. The van der Waals surface area contributed by atoms with Crippen LogP contribution >= 0.6 is 11.3 Å². The van der Waals surface area contributed by atoms with Crippen LogP contribution in [0.5, 0.6) is 5.75 Å². The molecule has 0 amide bonds. The van der Waals surface area contributed by atoms with Gasteiger partial charge in [-0.3, -0.25) is 0 Å². The highest BCUT2D eigenvalue weighted by molar-refractivity contribution is 7.07. The first-order valence-electron chi connectivity index (χ1n) is 4.39. The van der Waals surface area contributed by atoms with Crippen molar-refractivity contribution < 1.29 is 4.74 Å². The Kier molecular flexibility index (Phi) is 2.96. The molecule has 1 aromatic carbocycles. The summed E-state index contributed by atoms with van der Waals surface area (Å²) >= 11 is 1.53. The van der Waals surface area contributed by atoms with Gasteiger partial charge in [0, 0.05) is 5.38 Å². The lowest BCUT2D eigenvalue weighted by Crippen LogP contribution is -1.96. The highest BCUT2D eigenvalue weighted by Gasteiger charge is 2.02. The fourth-order valence-electron chi connectivity index (χ4n) is 1.15. The third-order valence-corrected chi connectivity index (χ3v) is 2.50. The molecule has 0 saturated heterocycles. The van der Waals surface area contributed by atoms with Gasteiger partial charge in [0.15, 0.2) is 0 Å². The quantitative estimate of drug-likeness (QED) is 0.792. The molecule has 0 saturated carbocycles. The van der Waals surface area contributed by atoms with E-state index in [1.54, 1.807) is 17.6 Å². The fraction of sp³-hybridized carbons (Fsp3) is 0.0909. The highest BCUT2D eigenvalue weighted by Crippen LogP contribution is 2.17. The summed E-state index contributed by atoms with van der Waals surface area (Å²) in [5, 5.41) is 10.8. The third-order valence-electron chi connectivity index (χ3n) is 1.87. The number of thiazole rings is 1. The van der Waals surface area contributed by atoms with Gasteiger partial charge in [-0.15, -0.1) is 11.3 Å². The van der Waals surface area contributed by atoms with Gasteiger partial charge in [0.2, 0.25) is 0 Å². The lowest BCUT2D eigenvalue weighted by molar-refractivity contribution is 0.301. The van der Waals surface area contributed by atoms with Gasteiger partial charge in [-0.1, -0.05) is 12.1 Å². The Balaban J connectivity index is 2.08. The van der Waals surface area contributed by atoms with Crippen molar-refractivity contribution in [3.63, 3.8) is 0 Å². The van der Waals surface area contributed by atoms with E-state index in [9.17, 15) is 0 Å². The lowest BCUT2D eigenvalue weighted by atomic mass is 10.2. The smallest absolute Gasteiger partial charge is 0.137 e. The molecule has 0 unspecified atom stereocenters. The molecule has 1 heterocycles. The van der Waals surface area contributed by atoms with Gasteiger partial charge in [0.05, 0.1) is 16.8 Å². The molecule has 3 nitrogen and oxygen atoms in total. The van der Waals surface area contributed by atoms with Gasteiger partial charge in [-0.25, -0.2) is 4.98 Å². The number of para-hydroxylation sites is 1. The highest BCUT2D eigenvalue weighted by atomic mass is 32.1. The van der Waals surface area contributed by atoms with Gasteiger partial charge >= 0.3 is 0 Å². The van der Waals surface area contributed by atoms with E-state index in [0.29, 0.717) is 17.9 Å². The number of hydrogen-bond acceptors (Lipinski definition) is 4. The van der Waals surface area contributed by atoms with Gasteiger partial charge in [0.25, 0.3) is 0 Å². The number of nitriles is 1. The van der Waals surface area contributed by atoms with Crippen molar-refractivity contribution >= 4 is 11.3 Å². The second kappa shape index (κ2) is 4.58. The van der Waals surface area contributed by atoms with Crippen LogP contribution in [0, 0.1) is 11.3 Å². The molecule has 0 radical (unpaired) electrons. The van der Waals surface area contributed by atoms with E-state index in [1.807, 2.05) is 17.5 Å². The molecule has 4 heteroatoms. The van der Waals surface area contributed by atoms with E-state index in [4.69, 9.17) is 10.00 Å². The molecule has 15 heavy (non-hydrogen) atoms. The van der Waals surface area contributed by atoms with E-state index in [0.717, 1.165) is 5.69 Å². The van der Waals surface area contributed by atoms with E-state index < -0.39 is 0 Å². The summed E-state index contributed by atoms with van der Waals surface area (Å²) in [6.45, 7) is 0.405. The average Bonchev–Trinajstić information content (AvgIpc) is 2.79. The first-order chi connectivity index (χ1) is 7.40. The van der Waals surface area contributed by atoms with Crippen molar-refractivity contribution in [2.45, 2.75) is 6.61 Å². The van der Waals surface area contributed by atoms with Crippen LogP contribution in [0.15, 0.2) is 35.2 Å².